The molecule has 0 saturated heterocycles. The number of carbonyl (C=O) groups excluding carboxylic acids is 1. The van der Waals surface area contributed by atoms with E-state index in [9.17, 15) is 14.4 Å². The van der Waals surface area contributed by atoms with E-state index in [1.165, 1.54) is 30.5 Å². The number of fused-ring (bicyclic) bond motifs is 1. The van der Waals surface area contributed by atoms with Crippen LogP contribution in [0.5, 0.6) is 0 Å². The van der Waals surface area contributed by atoms with Crippen LogP contribution in [-0.2, 0) is 18.9 Å². The van der Waals surface area contributed by atoms with Crippen LogP contribution in [0.15, 0.2) is 14.6 Å². The van der Waals surface area contributed by atoms with Crippen LogP contribution in [0.3, 0.4) is 0 Å². The molecule has 1 aromatic heterocycles. The summed E-state index contributed by atoms with van der Waals surface area (Å²) in [5.41, 5.74) is -0.865. The minimum absolute atomic E-state index is 0.135. The maximum absolute atomic E-state index is 12.1. The molecule has 7 nitrogen and oxygen atoms in total. The number of carbonyl (C=O) groups is 1. The highest BCUT2D eigenvalue weighted by Gasteiger charge is 2.28. The Kier molecular flexibility index (Phi) is 2.97. The zero-order chi connectivity index (χ0) is 13.6. The molecule has 0 spiro atoms. The zero-order valence-electron chi connectivity index (χ0n) is 10.1. The predicted octanol–water partition coefficient (Wildman–Crippen LogP) is -0.125. The van der Waals surface area contributed by atoms with Gasteiger partial charge in [-0.05, 0) is 15.9 Å². The van der Waals surface area contributed by atoms with E-state index in [1.54, 1.807) is 0 Å². The molecule has 1 aromatic rings. The summed E-state index contributed by atoms with van der Waals surface area (Å²) in [6.07, 6.45) is 0. The summed E-state index contributed by atoms with van der Waals surface area (Å²) in [5, 5.41) is 0. The van der Waals surface area contributed by atoms with Crippen LogP contribution >= 0.6 is 15.9 Å². The second kappa shape index (κ2) is 4.20. The predicted molar refractivity (Wildman–Crippen MR) is 71.0 cm³/mol. The Hall–Kier alpha value is -1.70. The van der Waals surface area contributed by atoms with E-state index in [1.807, 2.05) is 0 Å². The number of rotatable bonds is 0. The van der Waals surface area contributed by atoms with Crippen molar-refractivity contribution in [1.29, 1.82) is 0 Å². The van der Waals surface area contributed by atoms with E-state index >= 15 is 0 Å². The molecule has 0 aromatic carbocycles. The van der Waals surface area contributed by atoms with Gasteiger partial charge in [0, 0.05) is 21.0 Å². The van der Waals surface area contributed by atoms with Gasteiger partial charge in [0.1, 0.15) is 4.62 Å². The third-order valence-corrected chi connectivity index (χ3v) is 3.20. The Balaban J connectivity index is 2.92. The van der Waals surface area contributed by atoms with Gasteiger partial charge in [-0.15, -0.1) is 0 Å². The van der Waals surface area contributed by atoms with Crippen molar-refractivity contribution in [3.63, 3.8) is 0 Å². The van der Waals surface area contributed by atoms with Crippen molar-refractivity contribution in [2.45, 2.75) is 6.92 Å². The molecule has 0 aliphatic carbocycles. The molecule has 18 heavy (non-hydrogen) atoms. The van der Waals surface area contributed by atoms with Crippen molar-refractivity contribution in [2.75, 3.05) is 11.4 Å². The highest BCUT2D eigenvalue weighted by molar-refractivity contribution is 9.18. The number of anilines is 1. The van der Waals surface area contributed by atoms with Crippen molar-refractivity contribution >= 4 is 38.0 Å². The highest BCUT2D eigenvalue weighted by Crippen LogP contribution is 2.28. The lowest BCUT2D eigenvalue weighted by Crippen LogP contribution is -2.45. The first-order valence-electron chi connectivity index (χ1n) is 5.15. The number of amides is 1. The van der Waals surface area contributed by atoms with Gasteiger partial charge >= 0.3 is 5.69 Å². The first kappa shape index (κ1) is 12.7. The maximum Gasteiger partial charge on any atom is 0.332 e. The number of hydrogen-bond acceptors (Lipinski definition) is 4. The van der Waals surface area contributed by atoms with Crippen molar-refractivity contribution in [1.82, 2.24) is 9.13 Å². The summed E-state index contributed by atoms with van der Waals surface area (Å²) in [6.45, 7) is 1.55. The molecule has 0 atom stereocenters. The molecule has 0 radical (unpaired) electrons. The minimum Gasteiger partial charge on any atom is -0.298 e. The van der Waals surface area contributed by atoms with Gasteiger partial charge in [0.05, 0.1) is 6.54 Å². The molecule has 0 unspecified atom stereocenters. The van der Waals surface area contributed by atoms with Gasteiger partial charge in [-0.25, -0.2) is 9.79 Å². The van der Waals surface area contributed by atoms with Crippen LogP contribution in [0.2, 0.25) is 0 Å². The molecule has 1 aliphatic heterocycles. The lowest BCUT2D eigenvalue weighted by Gasteiger charge is -2.26. The summed E-state index contributed by atoms with van der Waals surface area (Å²) >= 11 is 3.20. The average Bonchev–Trinajstić information content (AvgIpc) is 2.32. The fraction of sp³-hybridized carbons (Fsp3) is 0.400. The Morgan fingerprint density at radius 2 is 1.89 bits per heavy atom. The topological polar surface area (TPSA) is 76.7 Å². The Morgan fingerprint density at radius 1 is 1.28 bits per heavy atom. The number of nitrogens with zero attached hydrogens (tertiary/aromatic N) is 4. The molecule has 2 rings (SSSR count). The fourth-order valence-corrected chi connectivity index (χ4v) is 2.23. The Morgan fingerprint density at radius 3 is 2.44 bits per heavy atom. The first-order chi connectivity index (χ1) is 8.34. The van der Waals surface area contributed by atoms with Gasteiger partial charge in [0.25, 0.3) is 5.56 Å². The molecule has 0 N–H and O–H groups in total. The van der Waals surface area contributed by atoms with E-state index < -0.39 is 11.2 Å². The van der Waals surface area contributed by atoms with E-state index in [0.29, 0.717) is 4.62 Å². The van der Waals surface area contributed by atoms with Crippen molar-refractivity contribution in [2.24, 2.45) is 19.1 Å². The summed E-state index contributed by atoms with van der Waals surface area (Å²) in [5.74, 6) is -0.0877. The van der Waals surface area contributed by atoms with E-state index in [4.69, 9.17) is 0 Å². The van der Waals surface area contributed by atoms with Gasteiger partial charge in [-0.3, -0.25) is 23.6 Å². The van der Waals surface area contributed by atoms with E-state index in [-0.39, 0.29) is 24.0 Å². The molecular formula is C10H11BrN4O3. The second-order valence-corrected chi connectivity index (χ2v) is 4.89. The number of aromatic nitrogens is 2. The average molecular weight is 315 g/mol. The highest BCUT2D eigenvalue weighted by atomic mass is 79.9. The van der Waals surface area contributed by atoms with Crippen LogP contribution in [0.4, 0.5) is 11.5 Å². The molecule has 1 aliphatic rings. The van der Waals surface area contributed by atoms with Crippen LogP contribution in [-0.4, -0.2) is 26.2 Å². The molecular weight excluding hydrogens is 304 g/mol. The van der Waals surface area contributed by atoms with Gasteiger partial charge < -0.3 is 0 Å². The third kappa shape index (κ3) is 1.72. The van der Waals surface area contributed by atoms with Gasteiger partial charge in [0.2, 0.25) is 5.91 Å². The SMILES string of the molecule is CC(=O)N1CC(Br)=Nc2c1c(=O)n(C)c(=O)n2C. The lowest BCUT2D eigenvalue weighted by molar-refractivity contribution is -0.116. The smallest absolute Gasteiger partial charge is 0.298 e. The summed E-state index contributed by atoms with van der Waals surface area (Å²) in [6, 6.07) is 0. The fourth-order valence-electron chi connectivity index (χ4n) is 1.81. The quantitative estimate of drug-likeness (QED) is 0.669. The molecule has 0 saturated carbocycles. The number of hydrogen-bond donors (Lipinski definition) is 0. The number of aliphatic imine (C=N–C) groups is 1. The van der Waals surface area contributed by atoms with E-state index in [2.05, 4.69) is 20.9 Å². The van der Waals surface area contributed by atoms with Crippen LogP contribution in [0.25, 0.3) is 0 Å². The standard InChI is InChI=1S/C10H11BrN4O3/c1-5(16)15-4-6(11)12-8-7(15)9(17)14(3)10(18)13(8)2/h4H2,1-3H3. The van der Waals surface area contributed by atoms with E-state index in [0.717, 1.165) is 4.57 Å². The van der Waals surface area contributed by atoms with Gasteiger partial charge in [-0.2, -0.15) is 0 Å². The third-order valence-electron chi connectivity index (χ3n) is 2.78. The number of halogens is 1. The monoisotopic (exact) mass is 314 g/mol. The van der Waals surface area contributed by atoms with Gasteiger partial charge in [-0.1, -0.05) is 0 Å². The lowest BCUT2D eigenvalue weighted by atomic mass is 10.3. The van der Waals surface area contributed by atoms with Crippen LogP contribution in [0, 0.1) is 0 Å². The summed E-state index contributed by atoms with van der Waals surface area (Å²) in [4.78, 5) is 40.9. The Labute approximate surface area is 110 Å². The van der Waals surface area contributed by atoms with Crippen molar-refractivity contribution in [3.8, 4) is 0 Å². The molecule has 8 heteroatoms. The normalized spacial score (nSPS) is 14.2. The first-order valence-corrected chi connectivity index (χ1v) is 5.95. The van der Waals surface area contributed by atoms with Crippen molar-refractivity contribution in [3.05, 3.63) is 20.8 Å². The molecule has 0 fully saturated rings. The van der Waals surface area contributed by atoms with Crippen molar-refractivity contribution < 1.29 is 4.79 Å². The Bertz CT molecular complexity index is 686. The van der Waals surface area contributed by atoms with Crippen LogP contribution < -0.4 is 16.1 Å². The zero-order valence-corrected chi connectivity index (χ0v) is 11.7. The molecule has 96 valence electrons. The molecule has 1 amide bonds. The minimum atomic E-state index is -0.521. The second-order valence-electron chi connectivity index (χ2n) is 3.97. The van der Waals surface area contributed by atoms with Crippen LogP contribution in [0.1, 0.15) is 6.92 Å². The largest absolute Gasteiger partial charge is 0.332 e. The summed E-state index contributed by atoms with van der Waals surface area (Å²) in [7, 11) is 2.88. The van der Waals surface area contributed by atoms with Gasteiger partial charge in [0.15, 0.2) is 11.5 Å². The molecule has 0 bridgehead atoms. The molecule has 2 heterocycles. The summed E-state index contributed by atoms with van der Waals surface area (Å²) < 4.78 is 2.70. The maximum atomic E-state index is 12.1.